The molecule has 0 amide bonds. The number of nitrogens with one attached hydrogen (secondary N) is 1. The highest BCUT2D eigenvalue weighted by Crippen LogP contribution is 2.21. The summed E-state index contributed by atoms with van der Waals surface area (Å²) in [6.07, 6.45) is 6.85. The van der Waals surface area contributed by atoms with E-state index in [-0.39, 0.29) is 5.56 Å². The maximum atomic E-state index is 11.9. The van der Waals surface area contributed by atoms with E-state index in [0.29, 0.717) is 12.6 Å². The summed E-state index contributed by atoms with van der Waals surface area (Å²) in [5, 5.41) is 8.72. The number of likely N-dealkylation sites (tertiary alicyclic amines) is 1. The molecule has 7 nitrogen and oxygen atoms in total. The average Bonchev–Trinajstić information content (AvgIpc) is 2.72. The lowest BCUT2D eigenvalue weighted by Gasteiger charge is -2.36. The molecule has 1 fully saturated rings. The van der Waals surface area contributed by atoms with Crippen molar-refractivity contribution >= 4 is 16.7 Å². The molecule has 1 aliphatic rings. The van der Waals surface area contributed by atoms with Crippen LogP contribution in [0.4, 0.5) is 5.82 Å². The van der Waals surface area contributed by atoms with Crippen molar-refractivity contribution in [1.82, 2.24) is 24.6 Å². The summed E-state index contributed by atoms with van der Waals surface area (Å²) in [6, 6.07) is 11.7. The van der Waals surface area contributed by atoms with Gasteiger partial charge in [-0.1, -0.05) is 18.6 Å². The quantitative estimate of drug-likeness (QED) is 0.722. The molecule has 0 spiro atoms. The molecule has 3 heterocycles. The van der Waals surface area contributed by atoms with Gasteiger partial charge in [0.05, 0.1) is 12.1 Å². The number of piperidine rings is 1. The molecule has 2 aromatic heterocycles. The Morgan fingerprint density at radius 3 is 2.93 bits per heavy atom. The van der Waals surface area contributed by atoms with Gasteiger partial charge in [-0.25, -0.2) is 14.6 Å². The van der Waals surface area contributed by atoms with Crippen LogP contribution in [-0.4, -0.2) is 50.3 Å². The maximum absolute atomic E-state index is 11.9. The van der Waals surface area contributed by atoms with Gasteiger partial charge in [0.25, 0.3) is 5.56 Å². The first-order valence-electron chi connectivity index (χ1n) is 9.51. The van der Waals surface area contributed by atoms with Gasteiger partial charge in [0.15, 0.2) is 0 Å². The molecule has 0 radical (unpaired) electrons. The van der Waals surface area contributed by atoms with Gasteiger partial charge in [0.1, 0.15) is 12.1 Å². The van der Waals surface area contributed by atoms with E-state index in [9.17, 15) is 4.79 Å². The minimum Gasteiger partial charge on any atom is -0.368 e. The Morgan fingerprint density at radius 2 is 2.00 bits per heavy atom. The van der Waals surface area contributed by atoms with E-state index in [1.807, 2.05) is 24.3 Å². The first kappa shape index (κ1) is 17.6. The second-order valence-corrected chi connectivity index (χ2v) is 6.89. The number of benzene rings is 1. The van der Waals surface area contributed by atoms with Crippen LogP contribution in [0.5, 0.6) is 0 Å². The number of nitrogens with zero attached hydrogens (tertiary/aromatic N) is 5. The number of hydrogen-bond donors (Lipinski definition) is 1. The number of hydrogen-bond acceptors (Lipinski definition) is 6. The number of aromatic nitrogens is 4. The zero-order valence-electron chi connectivity index (χ0n) is 15.3. The average molecular weight is 364 g/mol. The van der Waals surface area contributed by atoms with Crippen LogP contribution in [0, 0.1) is 0 Å². The smallest absolute Gasteiger partial charge is 0.266 e. The highest BCUT2D eigenvalue weighted by Gasteiger charge is 2.22. The molecule has 3 aromatic rings. The minimum atomic E-state index is -0.0448. The Balaban J connectivity index is 1.42. The third-order valence-electron chi connectivity index (χ3n) is 5.18. The van der Waals surface area contributed by atoms with E-state index >= 15 is 0 Å². The predicted octanol–water partition coefficient (Wildman–Crippen LogP) is 2.15. The van der Waals surface area contributed by atoms with Gasteiger partial charge in [-0.05, 0) is 37.6 Å². The minimum absolute atomic E-state index is 0.0448. The van der Waals surface area contributed by atoms with E-state index in [4.69, 9.17) is 0 Å². The Bertz CT molecular complexity index is 951. The first-order chi connectivity index (χ1) is 13.3. The summed E-state index contributed by atoms with van der Waals surface area (Å²) in [5.41, 5.74) is 0.904. The Labute approximate surface area is 158 Å². The molecule has 0 bridgehead atoms. The van der Waals surface area contributed by atoms with E-state index in [0.717, 1.165) is 42.8 Å². The van der Waals surface area contributed by atoms with Crippen molar-refractivity contribution in [2.24, 2.45) is 0 Å². The Kier molecular flexibility index (Phi) is 5.39. The summed E-state index contributed by atoms with van der Waals surface area (Å²) in [6.45, 7) is 3.33. The Hall–Kier alpha value is -2.80. The molecule has 1 unspecified atom stereocenters. The molecule has 27 heavy (non-hydrogen) atoms. The van der Waals surface area contributed by atoms with Gasteiger partial charge < -0.3 is 5.32 Å². The SMILES string of the molecule is O=c1cccnn1CCN1CCCCC1CNc1ncnc2ccccc12. The third-order valence-corrected chi connectivity index (χ3v) is 5.18. The molecule has 7 heteroatoms. The number of rotatable bonds is 6. The van der Waals surface area contributed by atoms with E-state index < -0.39 is 0 Å². The second kappa shape index (κ2) is 8.26. The molecule has 4 rings (SSSR count). The van der Waals surface area contributed by atoms with Crippen molar-refractivity contribution in [2.45, 2.75) is 31.8 Å². The second-order valence-electron chi connectivity index (χ2n) is 6.89. The third kappa shape index (κ3) is 4.14. The fraction of sp³-hybridized carbons (Fsp3) is 0.400. The van der Waals surface area contributed by atoms with Crippen molar-refractivity contribution < 1.29 is 0 Å². The van der Waals surface area contributed by atoms with Crippen LogP contribution in [0.15, 0.2) is 53.7 Å². The number of para-hydroxylation sites is 1. The largest absolute Gasteiger partial charge is 0.368 e. The molecule has 1 saturated heterocycles. The topological polar surface area (TPSA) is 75.9 Å². The monoisotopic (exact) mass is 364 g/mol. The summed E-state index contributed by atoms with van der Waals surface area (Å²) >= 11 is 0. The number of fused-ring (bicyclic) bond motifs is 1. The molecule has 1 aliphatic heterocycles. The van der Waals surface area contributed by atoms with Gasteiger partial charge in [-0.3, -0.25) is 9.69 Å². The Morgan fingerprint density at radius 1 is 1.07 bits per heavy atom. The van der Waals surface area contributed by atoms with Crippen LogP contribution in [0.3, 0.4) is 0 Å². The van der Waals surface area contributed by atoms with E-state index in [1.54, 1.807) is 24.7 Å². The van der Waals surface area contributed by atoms with Gasteiger partial charge in [0, 0.05) is 36.8 Å². The van der Waals surface area contributed by atoms with Crippen molar-refractivity contribution in [2.75, 3.05) is 25.0 Å². The zero-order valence-corrected chi connectivity index (χ0v) is 15.3. The lowest BCUT2D eigenvalue weighted by molar-refractivity contribution is 0.148. The maximum Gasteiger partial charge on any atom is 0.266 e. The molecular formula is C20H24N6O. The van der Waals surface area contributed by atoms with Crippen molar-refractivity contribution in [3.63, 3.8) is 0 Å². The normalized spacial score (nSPS) is 17.9. The van der Waals surface area contributed by atoms with Crippen LogP contribution in [-0.2, 0) is 6.54 Å². The zero-order chi connectivity index (χ0) is 18.5. The van der Waals surface area contributed by atoms with E-state index in [1.165, 1.54) is 17.5 Å². The van der Waals surface area contributed by atoms with Gasteiger partial charge in [-0.15, -0.1) is 0 Å². The highest BCUT2D eigenvalue weighted by molar-refractivity contribution is 5.88. The van der Waals surface area contributed by atoms with E-state index in [2.05, 4.69) is 25.3 Å². The summed E-state index contributed by atoms with van der Waals surface area (Å²) in [5.74, 6) is 0.882. The van der Waals surface area contributed by atoms with Crippen molar-refractivity contribution in [3.8, 4) is 0 Å². The molecule has 140 valence electrons. The van der Waals surface area contributed by atoms with Crippen molar-refractivity contribution in [3.05, 3.63) is 59.3 Å². The lowest BCUT2D eigenvalue weighted by atomic mass is 10.0. The molecule has 1 N–H and O–H groups in total. The molecule has 1 aromatic carbocycles. The summed E-state index contributed by atoms with van der Waals surface area (Å²) < 4.78 is 1.54. The molecular weight excluding hydrogens is 340 g/mol. The van der Waals surface area contributed by atoms with Gasteiger partial charge >= 0.3 is 0 Å². The van der Waals surface area contributed by atoms with Crippen LogP contribution in [0.2, 0.25) is 0 Å². The van der Waals surface area contributed by atoms with Crippen LogP contribution in [0.1, 0.15) is 19.3 Å². The summed E-state index contributed by atoms with van der Waals surface area (Å²) in [4.78, 5) is 23.1. The summed E-state index contributed by atoms with van der Waals surface area (Å²) in [7, 11) is 0. The fourth-order valence-corrected chi connectivity index (χ4v) is 3.72. The first-order valence-corrected chi connectivity index (χ1v) is 9.51. The predicted molar refractivity (Wildman–Crippen MR) is 106 cm³/mol. The highest BCUT2D eigenvalue weighted by atomic mass is 16.1. The van der Waals surface area contributed by atoms with Gasteiger partial charge in [-0.2, -0.15) is 5.10 Å². The molecule has 1 atom stereocenters. The fourth-order valence-electron chi connectivity index (χ4n) is 3.72. The number of anilines is 1. The molecule has 0 saturated carbocycles. The van der Waals surface area contributed by atoms with Crippen LogP contribution in [0.25, 0.3) is 10.9 Å². The standard InChI is InChI=1S/C20H24N6O/c27-19-9-5-10-24-26(19)13-12-25-11-4-3-6-16(25)14-21-20-17-7-1-2-8-18(17)22-15-23-20/h1-2,5,7-10,15-16H,3-4,6,11-14H2,(H,21,22,23). The lowest BCUT2D eigenvalue weighted by Crippen LogP contribution is -2.45. The van der Waals surface area contributed by atoms with Gasteiger partial charge in [0.2, 0.25) is 0 Å². The van der Waals surface area contributed by atoms with Crippen molar-refractivity contribution in [1.29, 1.82) is 0 Å². The van der Waals surface area contributed by atoms with Crippen LogP contribution < -0.4 is 10.9 Å². The van der Waals surface area contributed by atoms with Crippen LogP contribution >= 0.6 is 0 Å². The molecule has 0 aliphatic carbocycles.